The summed E-state index contributed by atoms with van der Waals surface area (Å²) in [6.45, 7) is 8.02. The number of halogens is 1. The van der Waals surface area contributed by atoms with E-state index >= 15 is 0 Å². The maximum Gasteiger partial charge on any atom is 0.126 e. The van der Waals surface area contributed by atoms with Crippen molar-refractivity contribution in [3.05, 3.63) is 41.2 Å². The first-order valence-corrected chi connectivity index (χ1v) is 6.29. The van der Waals surface area contributed by atoms with Crippen LogP contribution in [-0.4, -0.2) is 13.1 Å². The fraction of sp³-hybridized carbons (Fsp3) is 0.467. The Balaban J connectivity index is 2.53. The zero-order chi connectivity index (χ0) is 12.7. The molecule has 0 aliphatic rings. The highest BCUT2D eigenvalue weighted by atomic mass is 19.1. The van der Waals surface area contributed by atoms with Crippen molar-refractivity contribution in [3.63, 3.8) is 0 Å². The van der Waals surface area contributed by atoms with E-state index in [0.717, 1.165) is 37.1 Å². The van der Waals surface area contributed by atoms with Crippen LogP contribution in [0.4, 0.5) is 4.39 Å². The van der Waals surface area contributed by atoms with Crippen LogP contribution in [0.5, 0.6) is 0 Å². The Kier molecular flexibility index (Phi) is 5.92. The molecule has 0 aromatic heterocycles. The molecule has 0 atom stereocenters. The first kappa shape index (κ1) is 13.9. The molecule has 0 heterocycles. The second-order valence-electron chi connectivity index (χ2n) is 4.39. The van der Waals surface area contributed by atoms with Gasteiger partial charge >= 0.3 is 0 Å². The Morgan fingerprint density at radius 1 is 1.35 bits per heavy atom. The molecule has 1 rings (SSSR count). The monoisotopic (exact) mass is 235 g/mol. The van der Waals surface area contributed by atoms with E-state index < -0.39 is 0 Å². The van der Waals surface area contributed by atoms with Gasteiger partial charge in [0.1, 0.15) is 5.82 Å². The lowest BCUT2D eigenvalue weighted by atomic mass is 10.0. The molecule has 2 heteroatoms. The zero-order valence-electron chi connectivity index (χ0n) is 11.0. The molecule has 0 spiro atoms. The van der Waals surface area contributed by atoms with Crippen LogP contribution in [0.15, 0.2) is 24.3 Å². The topological polar surface area (TPSA) is 12.0 Å². The lowest BCUT2D eigenvalue weighted by Crippen LogP contribution is -2.15. The highest BCUT2D eigenvalue weighted by Gasteiger charge is 2.00. The average Bonchev–Trinajstić information content (AvgIpc) is 2.32. The van der Waals surface area contributed by atoms with Crippen molar-refractivity contribution in [1.82, 2.24) is 5.32 Å². The highest BCUT2D eigenvalue weighted by Crippen LogP contribution is 2.17. The number of nitrogens with one attached hydrogen (secondary N) is 1. The van der Waals surface area contributed by atoms with Crippen molar-refractivity contribution in [3.8, 4) is 0 Å². The molecule has 94 valence electrons. The van der Waals surface area contributed by atoms with E-state index in [0.29, 0.717) is 5.56 Å². The summed E-state index contributed by atoms with van der Waals surface area (Å²) in [6.07, 6.45) is 4.31. The van der Waals surface area contributed by atoms with Gasteiger partial charge in [-0.15, -0.1) is 0 Å². The van der Waals surface area contributed by atoms with Crippen LogP contribution in [-0.2, 0) is 0 Å². The first-order chi connectivity index (χ1) is 8.15. The summed E-state index contributed by atoms with van der Waals surface area (Å²) in [5, 5.41) is 3.34. The SMILES string of the molecule is CCCNCC/C=C(/C)c1ccc(C)c(F)c1. The van der Waals surface area contributed by atoms with E-state index in [1.54, 1.807) is 13.0 Å². The highest BCUT2D eigenvalue weighted by molar-refractivity contribution is 5.63. The predicted octanol–water partition coefficient (Wildman–Crippen LogP) is 3.93. The van der Waals surface area contributed by atoms with E-state index in [9.17, 15) is 4.39 Å². The molecule has 0 saturated heterocycles. The fourth-order valence-corrected chi connectivity index (χ4v) is 1.65. The van der Waals surface area contributed by atoms with Gasteiger partial charge in [-0.3, -0.25) is 0 Å². The van der Waals surface area contributed by atoms with Crippen LogP contribution in [0.1, 0.15) is 37.8 Å². The third kappa shape index (κ3) is 4.70. The van der Waals surface area contributed by atoms with Gasteiger partial charge in [0.2, 0.25) is 0 Å². The Morgan fingerprint density at radius 3 is 2.76 bits per heavy atom. The molecule has 1 nitrogen and oxygen atoms in total. The predicted molar refractivity (Wildman–Crippen MR) is 72.6 cm³/mol. The van der Waals surface area contributed by atoms with E-state index in [4.69, 9.17) is 0 Å². The minimum absolute atomic E-state index is 0.126. The molecule has 1 N–H and O–H groups in total. The summed E-state index contributed by atoms with van der Waals surface area (Å²) in [6, 6.07) is 5.42. The maximum atomic E-state index is 13.4. The van der Waals surface area contributed by atoms with Gasteiger partial charge in [0.15, 0.2) is 0 Å². The van der Waals surface area contributed by atoms with E-state index in [2.05, 4.69) is 18.3 Å². The van der Waals surface area contributed by atoms with Gasteiger partial charge in [0.25, 0.3) is 0 Å². The number of hydrogen-bond acceptors (Lipinski definition) is 1. The Morgan fingerprint density at radius 2 is 2.12 bits per heavy atom. The molecule has 1 aromatic carbocycles. The number of benzene rings is 1. The van der Waals surface area contributed by atoms with Crippen LogP contribution in [0.3, 0.4) is 0 Å². The van der Waals surface area contributed by atoms with Gasteiger partial charge in [0.05, 0.1) is 0 Å². The standard InChI is InChI=1S/C15H22FN/c1-4-9-17-10-5-6-12(2)14-8-7-13(3)15(16)11-14/h6-8,11,17H,4-5,9-10H2,1-3H3/b12-6-. The quantitative estimate of drug-likeness (QED) is 0.737. The van der Waals surface area contributed by atoms with E-state index in [1.807, 2.05) is 19.1 Å². The minimum atomic E-state index is -0.126. The zero-order valence-corrected chi connectivity index (χ0v) is 11.0. The Hall–Kier alpha value is -1.15. The molecule has 0 aliphatic carbocycles. The van der Waals surface area contributed by atoms with Gasteiger partial charge in [-0.2, -0.15) is 0 Å². The normalized spacial score (nSPS) is 11.9. The molecule has 17 heavy (non-hydrogen) atoms. The average molecular weight is 235 g/mol. The van der Waals surface area contributed by atoms with E-state index in [1.165, 1.54) is 0 Å². The number of allylic oxidation sites excluding steroid dienone is 1. The first-order valence-electron chi connectivity index (χ1n) is 6.29. The van der Waals surface area contributed by atoms with Crippen LogP contribution >= 0.6 is 0 Å². The van der Waals surface area contributed by atoms with Crippen LogP contribution in [0.2, 0.25) is 0 Å². The second kappa shape index (κ2) is 7.23. The van der Waals surface area contributed by atoms with Crippen molar-refractivity contribution >= 4 is 5.57 Å². The van der Waals surface area contributed by atoms with Crippen molar-refractivity contribution in [2.45, 2.75) is 33.6 Å². The summed E-state index contributed by atoms with van der Waals surface area (Å²) in [5.41, 5.74) is 2.82. The third-order valence-corrected chi connectivity index (χ3v) is 2.83. The number of rotatable bonds is 6. The molecular weight excluding hydrogens is 213 g/mol. The van der Waals surface area contributed by atoms with Crippen molar-refractivity contribution < 1.29 is 4.39 Å². The molecule has 0 amide bonds. The number of aryl methyl sites for hydroxylation is 1. The summed E-state index contributed by atoms with van der Waals surface area (Å²) in [7, 11) is 0. The minimum Gasteiger partial charge on any atom is -0.316 e. The molecule has 0 bridgehead atoms. The third-order valence-electron chi connectivity index (χ3n) is 2.83. The summed E-state index contributed by atoms with van der Waals surface area (Å²) < 4.78 is 13.4. The molecule has 0 saturated carbocycles. The van der Waals surface area contributed by atoms with Crippen molar-refractivity contribution in [2.75, 3.05) is 13.1 Å². The Bertz CT molecular complexity index is 383. The van der Waals surface area contributed by atoms with Gasteiger partial charge in [-0.25, -0.2) is 4.39 Å². The lowest BCUT2D eigenvalue weighted by Gasteiger charge is -2.04. The summed E-state index contributed by atoms with van der Waals surface area (Å²) >= 11 is 0. The summed E-state index contributed by atoms with van der Waals surface area (Å²) in [4.78, 5) is 0. The molecule has 0 unspecified atom stereocenters. The van der Waals surface area contributed by atoms with Crippen molar-refractivity contribution in [1.29, 1.82) is 0 Å². The molecule has 0 radical (unpaired) electrons. The maximum absolute atomic E-state index is 13.4. The number of hydrogen-bond donors (Lipinski definition) is 1. The van der Waals surface area contributed by atoms with Gasteiger partial charge < -0.3 is 5.32 Å². The lowest BCUT2D eigenvalue weighted by molar-refractivity contribution is 0.618. The smallest absolute Gasteiger partial charge is 0.126 e. The second-order valence-corrected chi connectivity index (χ2v) is 4.39. The molecule has 1 aromatic rings. The molecule has 0 fully saturated rings. The van der Waals surface area contributed by atoms with Gasteiger partial charge in [0, 0.05) is 0 Å². The molecular formula is C15H22FN. The largest absolute Gasteiger partial charge is 0.316 e. The van der Waals surface area contributed by atoms with Crippen LogP contribution in [0, 0.1) is 12.7 Å². The van der Waals surface area contributed by atoms with Crippen LogP contribution < -0.4 is 5.32 Å². The van der Waals surface area contributed by atoms with Crippen molar-refractivity contribution in [2.24, 2.45) is 0 Å². The van der Waals surface area contributed by atoms with Gasteiger partial charge in [-0.1, -0.05) is 25.1 Å². The van der Waals surface area contributed by atoms with Gasteiger partial charge in [-0.05, 0) is 62.5 Å². The Labute approximate surface area is 104 Å². The molecule has 0 aliphatic heterocycles. The fourth-order valence-electron chi connectivity index (χ4n) is 1.65. The van der Waals surface area contributed by atoms with E-state index in [-0.39, 0.29) is 5.82 Å². The van der Waals surface area contributed by atoms with Crippen LogP contribution in [0.25, 0.3) is 5.57 Å². The summed E-state index contributed by atoms with van der Waals surface area (Å²) in [5.74, 6) is -0.126.